The Hall–Kier alpha value is -1.59. The first-order chi connectivity index (χ1) is 11.0. The number of hydrogen-bond acceptors (Lipinski definition) is 3. The number of aliphatic imine (C=N–C) groups is 1. The highest BCUT2D eigenvalue weighted by Gasteiger charge is 2.37. The second-order valence-corrected chi connectivity index (χ2v) is 7.63. The highest BCUT2D eigenvalue weighted by atomic mass is 15.3. The predicted octanol–water partition coefficient (Wildman–Crippen LogP) is 2.07. The molecule has 2 N–H and O–H groups in total. The fraction of sp³-hybridized carbons (Fsp3) is 0.824. The quantitative estimate of drug-likeness (QED) is 0.644. The Morgan fingerprint density at radius 1 is 1.39 bits per heavy atom. The van der Waals surface area contributed by atoms with Gasteiger partial charge in [-0.05, 0) is 31.6 Å². The third kappa shape index (κ3) is 3.85. The van der Waals surface area contributed by atoms with Gasteiger partial charge in [-0.3, -0.25) is 4.99 Å². The minimum absolute atomic E-state index is 0.390. The lowest BCUT2D eigenvalue weighted by Crippen LogP contribution is -2.47. The van der Waals surface area contributed by atoms with Crippen molar-refractivity contribution in [1.29, 1.82) is 0 Å². The van der Waals surface area contributed by atoms with Crippen LogP contribution in [-0.4, -0.2) is 39.9 Å². The van der Waals surface area contributed by atoms with Gasteiger partial charge >= 0.3 is 0 Å². The SMILES string of the molecule is CCNC(=NCC1(C)CC1)NC1CCc2nnc(C(C)C)n2C1. The number of nitrogens with zero attached hydrogens (tertiary/aromatic N) is 4. The molecule has 23 heavy (non-hydrogen) atoms. The third-order valence-electron chi connectivity index (χ3n) is 4.90. The van der Waals surface area contributed by atoms with E-state index in [9.17, 15) is 0 Å². The van der Waals surface area contributed by atoms with E-state index in [1.165, 1.54) is 12.8 Å². The Morgan fingerprint density at radius 3 is 2.83 bits per heavy atom. The third-order valence-corrected chi connectivity index (χ3v) is 4.90. The standard InChI is InChI=1S/C17H30N6/c1-5-18-16(19-11-17(4)8-9-17)20-13-6-7-14-21-22-15(12(2)3)23(14)10-13/h12-13H,5-11H2,1-4H3,(H2,18,19,20). The number of aromatic nitrogens is 3. The van der Waals surface area contributed by atoms with E-state index in [1.54, 1.807) is 0 Å². The molecule has 1 fully saturated rings. The molecule has 6 heteroatoms. The fourth-order valence-electron chi connectivity index (χ4n) is 3.05. The van der Waals surface area contributed by atoms with E-state index in [0.29, 0.717) is 17.4 Å². The lowest BCUT2D eigenvalue weighted by molar-refractivity contribution is 0.407. The highest BCUT2D eigenvalue weighted by Crippen LogP contribution is 2.44. The van der Waals surface area contributed by atoms with E-state index in [-0.39, 0.29) is 0 Å². The summed E-state index contributed by atoms with van der Waals surface area (Å²) >= 11 is 0. The van der Waals surface area contributed by atoms with E-state index in [4.69, 9.17) is 4.99 Å². The van der Waals surface area contributed by atoms with Gasteiger partial charge in [0.25, 0.3) is 0 Å². The van der Waals surface area contributed by atoms with Crippen molar-refractivity contribution in [3.05, 3.63) is 11.6 Å². The molecule has 1 atom stereocenters. The molecule has 128 valence electrons. The lowest BCUT2D eigenvalue weighted by Gasteiger charge is -2.27. The Balaban J connectivity index is 1.65. The van der Waals surface area contributed by atoms with Crippen LogP contribution in [0.3, 0.4) is 0 Å². The summed E-state index contributed by atoms with van der Waals surface area (Å²) in [5.74, 6) is 3.58. The van der Waals surface area contributed by atoms with Gasteiger partial charge in [-0.1, -0.05) is 20.8 Å². The molecule has 2 aliphatic rings. The summed E-state index contributed by atoms with van der Waals surface area (Å²) < 4.78 is 2.29. The van der Waals surface area contributed by atoms with Crippen molar-refractivity contribution in [2.75, 3.05) is 13.1 Å². The molecule has 6 nitrogen and oxygen atoms in total. The van der Waals surface area contributed by atoms with Crippen LogP contribution in [0.2, 0.25) is 0 Å². The molecule has 0 aromatic carbocycles. The molecular formula is C17H30N6. The van der Waals surface area contributed by atoms with Crippen LogP contribution in [0.15, 0.2) is 4.99 Å². The maximum Gasteiger partial charge on any atom is 0.191 e. The van der Waals surface area contributed by atoms with Gasteiger partial charge in [0, 0.05) is 38.0 Å². The van der Waals surface area contributed by atoms with Gasteiger partial charge in [0.15, 0.2) is 5.96 Å². The second kappa shape index (κ2) is 6.49. The van der Waals surface area contributed by atoms with Crippen LogP contribution in [0.25, 0.3) is 0 Å². The number of nitrogens with one attached hydrogen (secondary N) is 2. The minimum atomic E-state index is 0.390. The van der Waals surface area contributed by atoms with Crippen LogP contribution in [-0.2, 0) is 13.0 Å². The molecule has 1 aliphatic heterocycles. The van der Waals surface area contributed by atoms with Crippen LogP contribution < -0.4 is 10.6 Å². The maximum absolute atomic E-state index is 4.80. The summed E-state index contributed by atoms with van der Waals surface area (Å²) in [6.07, 6.45) is 4.68. The smallest absolute Gasteiger partial charge is 0.191 e. The molecule has 0 bridgehead atoms. The van der Waals surface area contributed by atoms with E-state index in [2.05, 4.69) is 53.1 Å². The summed E-state index contributed by atoms with van der Waals surface area (Å²) in [4.78, 5) is 4.80. The van der Waals surface area contributed by atoms with Crippen molar-refractivity contribution < 1.29 is 0 Å². The zero-order chi connectivity index (χ0) is 16.4. The zero-order valence-corrected chi connectivity index (χ0v) is 14.9. The summed E-state index contributed by atoms with van der Waals surface area (Å²) in [5, 5.41) is 15.7. The van der Waals surface area contributed by atoms with Gasteiger partial charge in [0.2, 0.25) is 0 Å². The summed E-state index contributed by atoms with van der Waals surface area (Å²) in [6, 6.07) is 0.390. The van der Waals surface area contributed by atoms with Gasteiger partial charge in [-0.2, -0.15) is 0 Å². The zero-order valence-electron chi connectivity index (χ0n) is 14.9. The predicted molar refractivity (Wildman–Crippen MR) is 92.7 cm³/mol. The average molecular weight is 318 g/mol. The van der Waals surface area contributed by atoms with Crippen LogP contribution in [0.1, 0.15) is 64.5 Å². The van der Waals surface area contributed by atoms with Gasteiger partial charge in [0.1, 0.15) is 11.6 Å². The monoisotopic (exact) mass is 318 g/mol. The highest BCUT2D eigenvalue weighted by molar-refractivity contribution is 5.80. The second-order valence-electron chi connectivity index (χ2n) is 7.63. The van der Waals surface area contributed by atoms with Crippen LogP contribution >= 0.6 is 0 Å². The van der Waals surface area contributed by atoms with Gasteiger partial charge in [-0.25, -0.2) is 0 Å². The lowest BCUT2D eigenvalue weighted by atomic mass is 10.1. The molecule has 0 radical (unpaired) electrons. The summed E-state index contributed by atoms with van der Waals surface area (Å²) in [5.41, 5.74) is 0.446. The molecule has 1 aromatic heterocycles. The van der Waals surface area contributed by atoms with Crippen molar-refractivity contribution in [2.24, 2.45) is 10.4 Å². The first-order valence-electron chi connectivity index (χ1n) is 8.97. The maximum atomic E-state index is 4.80. The normalized spacial score (nSPS) is 22.8. The molecule has 2 heterocycles. The molecule has 1 unspecified atom stereocenters. The topological polar surface area (TPSA) is 67.1 Å². The first kappa shape index (κ1) is 16.3. The van der Waals surface area contributed by atoms with Crippen LogP contribution in [0.5, 0.6) is 0 Å². The van der Waals surface area contributed by atoms with E-state index >= 15 is 0 Å². The minimum Gasteiger partial charge on any atom is -0.357 e. The average Bonchev–Trinajstić information content (AvgIpc) is 3.10. The number of rotatable bonds is 5. The largest absolute Gasteiger partial charge is 0.357 e. The van der Waals surface area contributed by atoms with E-state index in [0.717, 1.165) is 50.1 Å². The van der Waals surface area contributed by atoms with E-state index < -0.39 is 0 Å². The Bertz CT molecular complexity index is 570. The molecule has 1 aliphatic carbocycles. The summed E-state index contributed by atoms with van der Waals surface area (Å²) in [7, 11) is 0. The molecule has 1 saturated carbocycles. The van der Waals surface area contributed by atoms with Crippen LogP contribution in [0.4, 0.5) is 0 Å². The van der Waals surface area contributed by atoms with Crippen molar-refractivity contribution in [1.82, 2.24) is 25.4 Å². The van der Waals surface area contributed by atoms with Crippen molar-refractivity contribution in [2.45, 2.75) is 71.9 Å². The van der Waals surface area contributed by atoms with E-state index in [1.807, 2.05) is 0 Å². The fourth-order valence-corrected chi connectivity index (χ4v) is 3.05. The van der Waals surface area contributed by atoms with Crippen molar-refractivity contribution in [3.8, 4) is 0 Å². The summed E-state index contributed by atoms with van der Waals surface area (Å²) in [6.45, 7) is 11.5. The molecular weight excluding hydrogens is 288 g/mol. The van der Waals surface area contributed by atoms with Crippen molar-refractivity contribution in [3.63, 3.8) is 0 Å². The number of guanidine groups is 1. The molecule has 0 amide bonds. The first-order valence-corrected chi connectivity index (χ1v) is 8.97. The van der Waals surface area contributed by atoms with Crippen LogP contribution in [0, 0.1) is 5.41 Å². The Kier molecular flexibility index (Phi) is 4.60. The number of hydrogen-bond donors (Lipinski definition) is 2. The molecule has 1 aromatic rings. The Morgan fingerprint density at radius 2 is 2.17 bits per heavy atom. The van der Waals surface area contributed by atoms with Gasteiger partial charge in [-0.15, -0.1) is 10.2 Å². The molecule has 3 rings (SSSR count). The van der Waals surface area contributed by atoms with Gasteiger partial charge < -0.3 is 15.2 Å². The number of aryl methyl sites for hydroxylation is 1. The number of fused-ring (bicyclic) bond motifs is 1. The molecule has 0 saturated heterocycles. The Labute approximate surface area is 139 Å². The van der Waals surface area contributed by atoms with Crippen molar-refractivity contribution >= 4 is 5.96 Å². The molecule has 0 spiro atoms. The van der Waals surface area contributed by atoms with Gasteiger partial charge in [0.05, 0.1) is 0 Å².